The van der Waals surface area contributed by atoms with Gasteiger partial charge in [-0.2, -0.15) is 4.98 Å². The Morgan fingerprint density at radius 3 is 2.84 bits per heavy atom. The second kappa shape index (κ2) is 6.24. The molecule has 0 N–H and O–H groups in total. The van der Waals surface area contributed by atoms with E-state index in [1.165, 1.54) is 0 Å². The zero-order valence-corrected chi connectivity index (χ0v) is 13.8. The summed E-state index contributed by atoms with van der Waals surface area (Å²) in [6.07, 6.45) is 3.66. The third-order valence-electron chi connectivity index (χ3n) is 3.71. The average Bonchev–Trinajstić information content (AvgIpc) is 3.25. The van der Waals surface area contributed by atoms with E-state index in [4.69, 9.17) is 13.7 Å². The molecule has 0 aliphatic rings. The highest BCUT2D eigenvalue weighted by atomic mass is 16.5. The van der Waals surface area contributed by atoms with Gasteiger partial charge in [0.1, 0.15) is 11.3 Å². The lowest BCUT2D eigenvalue weighted by Gasteiger charge is -1.99. The van der Waals surface area contributed by atoms with Crippen molar-refractivity contribution in [3.63, 3.8) is 0 Å². The van der Waals surface area contributed by atoms with Gasteiger partial charge in [-0.1, -0.05) is 17.3 Å². The van der Waals surface area contributed by atoms with Crippen molar-refractivity contribution in [1.29, 1.82) is 0 Å². The van der Waals surface area contributed by atoms with E-state index >= 15 is 0 Å². The third-order valence-corrected chi connectivity index (χ3v) is 3.71. The Labute approximate surface area is 143 Å². The molecule has 6 heteroatoms. The van der Waals surface area contributed by atoms with Crippen molar-refractivity contribution in [2.45, 2.75) is 6.92 Å². The van der Waals surface area contributed by atoms with Gasteiger partial charge in [0.25, 0.3) is 5.89 Å². The van der Waals surface area contributed by atoms with Gasteiger partial charge >= 0.3 is 0 Å². The van der Waals surface area contributed by atoms with Gasteiger partial charge in [-0.15, -0.1) is 0 Å². The minimum atomic E-state index is 0.425. The van der Waals surface area contributed by atoms with Gasteiger partial charge in [-0.3, -0.25) is 0 Å². The number of hydrogen-bond donors (Lipinski definition) is 0. The topological polar surface area (TPSA) is 74.2 Å². The minimum Gasteiger partial charge on any atom is -0.497 e. The summed E-state index contributed by atoms with van der Waals surface area (Å²) >= 11 is 0. The monoisotopic (exact) mass is 333 g/mol. The van der Waals surface area contributed by atoms with E-state index in [-0.39, 0.29) is 0 Å². The van der Waals surface area contributed by atoms with Crippen LogP contribution < -0.4 is 4.74 Å². The van der Waals surface area contributed by atoms with Crippen molar-refractivity contribution in [1.82, 2.24) is 15.1 Å². The van der Waals surface area contributed by atoms with Crippen LogP contribution in [0.4, 0.5) is 0 Å². The molecule has 4 aromatic rings. The van der Waals surface area contributed by atoms with Crippen molar-refractivity contribution in [2.24, 2.45) is 0 Å². The number of benzene rings is 2. The normalized spacial score (nSPS) is 11.4. The lowest BCUT2D eigenvalue weighted by atomic mass is 10.2. The van der Waals surface area contributed by atoms with Crippen molar-refractivity contribution < 1.29 is 13.7 Å². The largest absolute Gasteiger partial charge is 0.497 e. The van der Waals surface area contributed by atoms with Crippen LogP contribution in [-0.2, 0) is 0 Å². The SMILES string of the molecule is COc1cccc(C=Cc2nc(-c3ccc4oc(C)nc4c3)no2)c1. The molecule has 0 radical (unpaired) electrons. The number of methoxy groups -OCH3 is 1. The fraction of sp³-hybridized carbons (Fsp3) is 0.105. The Kier molecular flexibility index (Phi) is 3.78. The van der Waals surface area contributed by atoms with E-state index in [0.717, 1.165) is 28.0 Å². The Bertz CT molecular complexity index is 1060. The van der Waals surface area contributed by atoms with Gasteiger partial charge in [-0.25, -0.2) is 4.98 Å². The Morgan fingerprint density at radius 1 is 1.04 bits per heavy atom. The van der Waals surface area contributed by atoms with Gasteiger partial charge in [0.2, 0.25) is 5.82 Å². The molecule has 0 saturated carbocycles. The molecule has 4 rings (SSSR count). The molecule has 0 aliphatic carbocycles. The van der Waals surface area contributed by atoms with Crippen molar-refractivity contribution in [3.8, 4) is 17.1 Å². The Hall–Kier alpha value is -3.41. The lowest BCUT2D eigenvalue weighted by Crippen LogP contribution is -1.82. The van der Waals surface area contributed by atoms with Crippen LogP contribution in [0.25, 0.3) is 34.6 Å². The second-order valence-electron chi connectivity index (χ2n) is 5.48. The summed E-state index contributed by atoms with van der Waals surface area (Å²) in [6.45, 7) is 1.81. The van der Waals surface area contributed by atoms with E-state index in [9.17, 15) is 0 Å². The fourth-order valence-electron chi connectivity index (χ4n) is 2.51. The average molecular weight is 333 g/mol. The number of aryl methyl sites for hydroxylation is 1. The summed E-state index contributed by atoms with van der Waals surface area (Å²) in [7, 11) is 1.64. The smallest absolute Gasteiger partial charge is 0.250 e. The molecule has 0 saturated heterocycles. The molecule has 0 fully saturated rings. The maximum atomic E-state index is 5.47. The molecular weight excluding hydrogens is 318 g/mol. The summed E-state index contributed by atoms with van der Waals surface area (Å²) < 4.78 is 16.0. The first-order chi connectivity index (χ1) is 12.2. The van der Waals surface area contributed by atoms with Crippen LogP contribution in [-0.4, -0.2) is 22.2 Å². The van der Waals surface area contributed by atoms with E-state index in [0.29, 0.717) is 17.6 Å². The molecule has 25 heavy (non-hydrogen) atoms. The molecule has 0 atom stereocenters. The summed E-state index contributed by atoms with van der Waals surface area (Å²) in [5, 5.41) is 4.03. The molecule has 0 unspecified atom stereocenters. The van der Waals surface area contributed by atoms with E-state index in [2.05, 4.69) is 15.1 Å². The van der Waals surface area contributed by atoms with Crippen LogP contribution in [0.3, 0.4) is 0 Å². The van der Waals surface area contributed by atoms with Crippen molar-refractivity contribution >= 4 is 23.3 Å². The van der Waals surface area contributed by atoms with Gasteiger partial charge in [0.15, 0.2) is 11.5 Å². The molecule has 2 heterocycles. The zero-order valence-electron chi connectivity index (χ0n) is 13.8. The Morgan fingerprint density at radius 2 is 1.96 bits per heavy atom. The molecule has 2 aromatic heterocycles. The van der Waals surface area contributed by atoms with E-state index < -0.39 is 0 Å². The summed E-state index contributed by atoms with van der Waals surface area (Å²) in [5.74, 6) is 2.36. The van der Waals surface area contributed by atoms with Crippen LogP contribution >= 0.6 is 0 Å². The van der Waals surface area contributed by atoms with Crippen LogP contribution in [0.1, 0.15) is 17.3 Å². The molecule has 124 valence electrons. The maximum Gasteiger partial charge on any atom is 0.250 e. The number of oxazole rings is 1. The van der Waals surface area contributed by atoms with Crippen LogP contribution in [0, 0.1) is 6.92 Å². The highest BCUT2D eigenvalue weighted by molar-refractivity contribution is 5.78. The highest BCUT2D eigenvalue weighted by Gasteiger charge is 2.10. The quantitative estimate of drug-likeness (QED) is 0.552. The fourth-order valence-corrected chi connectivity index (χ4v) is 2.51. The first-order valence-electron chi connectivity index (χ1n) is 7.75. The number of hydrogen-bond acceptors (Lipinski definition) is 6. The Balaban J connectivity index is 1.59. The number of nitrogens with zero attached hydrogens (tertiary/aromatic N) is 3. The predicted molar refractivity (Wildman–Crippen MR) is 94.0 cm³/mol. The second-order valence-corrected chi connectivity index (χ2v) is 5.48. The molecule has 0 amide bonds. The molecule has 0 aliphatic heterocycles. The zero-order chi connectivity index (χ0) is 17.2. The standard InChI is InChI=1S/C19H15N3O3/c1-12-20-16-11-14(7-8-17(16)24-12)19-21-18(25-22-19)9-6-13-4-3-5-15(10-13)23-2/h3-11H,1-2H3. The molecule has 0 bridgehead atoms. The lowest BCUT2D eigenvalue weighted by molar-refractivity contribution is 0.411. The summed E-state index contributed by atoms with van der Waals surface area (Å²) in [5.41, 5.74) is 3.32. The first-order valence-corrected chi connectivity index (χ1v) is 7.75. The van der Waals surface area contributed by atoms with Crippen molar-refractivity contribution in [3.05, 3.63) is 59.8 Å². The highest BCUT2D eigenvalue weighted by Crippen LogP contribution is 2.23. The van der Waals surface area contributed by atoms with Gasteiger partial charge in [0, 0.05) is 18.6 Å². The van der Waals surface area contributed by atoms with E-state index in [1.807, 2.05) is 55.5 Å². The molecule has 2 aromatic carbocycles. The number of ether oxygens (including phenoxy) is 1. The molecular formula is C19H15N3O3. The molecule has 6 nitrogen and oxygen atoms in total. The van der Waals surface area contributed by atoms with Gasteiger partial charge < -0.3 is 13.7 Å². The van der Waals surface area contributed by atoms with Crippen LogP contribution in [0.2, 0.25) is 0 Å². The number of fused-ring (bicyclic) bond motifs is 1. The van der Waals surface area contributed by atoms with Gasteiger partial charge in [0.05, 0.1) is 7.11 Å². The first kappa shape index (κ1) is 15.1. The third kappa shape index (κ3) is 3.14. The van der Waals surface area contributed by atoms with E-state index in [1.54, 1.807) is 13.2 Å². The summed E-state index contributed by atoms with van der Waals surface area (Å²) in [4.78, 5) is 8.72. The molecule has 0 spiro atoms. The predicted octanol–water partition coefficient (Wildman–Crippen LogP) is 4.37. The van der Waals surface area contributed by atoms with Crippen molar-refractivity contribution in [2.75, 3.05) is 7.11 Å². The summed E-state index contributed by atoms with van der Waals surface area (Å²) in [6, 6.07) is 13.3. The van der Waals surface area contributed by atoms with Gasteiger partial charge in [-0.05, 0) is 42.0 Å². The van der Waals surface area contributed by atoms with Crippen LogP contribution in [0.15, 0.2) is 51.4 Å². The maximum absolute atomic E-state index is 5.47. The minimum absolute atomic E-state index is 0.425. The van der Waals surface area contributed by atoms with Crippen LogP contribution in [0.5, 0.6) is 5.75 Å². The number of rotatable bonds is 4. The number of aromatic nitrogens is 3.